The van der Waals surface area contributed by atoms with Crippen molar-refractivity contribution >= 4 is 33.0 Å². The summed E-state index contributed by atoms with van der Waals surface area (Å²) in [6.45, 7) is 4.19. The number of Topliss-reactive ketones (excluding diaryl/α,β-unsaturated/α-hetero) is 1. The Balaban J connectivity index is 2.13. The maximum atomic E-state index is 11.9. The van der Waals surface area contributed by atoms with Crippen molar-refractivity contribution < 1.29 is 4.79 Å². The van der Waals surface area contributed by atoms with Gasteiger partial charge in [-0.25, -0.2) is 0 Å². The largest absolute Gasteiger partial charge is 0.293 e. The molecule has 1 nitrogen and oxygen atoms in total. The fraction of sp³-hybridized carbons (Fsp3) is 0.545. The number of rotatable bonds is 3. The second-order valence-electron chi connectivity index (χ2n) is 3.94. The SMILES string of the molecule is CCC1CC1C(=O)c1cc(C)c(Br)s1. The van der Waals surface area contributed by atoms with Gasteiger partial charge in [-0.2, -0.15) is 0 Å². The van der Waals surface area contributed by atoms with Gasteiger partial charge < -0.3 is 0 Å². The lowest BCUT2D eigenvalue weighted by molar-refractivity contribution is 0.0965. The average molecular weight is 273 g/mol. The van der Waals surface area contributed by atoms with Crippen LogP contribution in [0.1, 0.15) is 35.0 Å². The molecule has 0 aromatic carbocycles. The summed E-state index contributed by atoms with van der Waals surface area (Å²) in [5.41, 5.74) is 1.17. The van der Waals surface area contributed by atoms with Crippen molar-refractivity contribution in [1.29, 1.82) is 0 Å². The van der Waals surface area contributed by atoms with Crippen LogP contribution >= 0.6 is 27.3 Å². The first kappa shape index (κ1) is 10.4. The van der Waals surface area contributed by atoms with Crippen molar-refractivity contribution in [2.24, 2.45) is 11.8 Å². The lowest BCUT2D eigenvalue weighted by atomic mass is 10.1. The molecule has 3 heteroatoms. The minimum Gasteiger partial charge on any atom is -0.293 e. The van der Waals surface area contributed by atoms with E-state index < -0.39 is 0 Å². The van der Waals surface area contributed by atoms with Gasteiger partial charge in [0.2, 0.25) is 0 Å². The van der Waals surface area contributed by atoms with Crippen LogP contribution in [0.4, 0.5) is 0 Å². The molecule has 1 heterocycles. The van der Waals surface area contributed by atoms with Gasteiger partial charge >= 0.3 is 0 Å². The second kappa shape index (κ2) is 3.78. The predicted octanol–water partition coefficient (Wildman–Crippen LogP) is 4.05. The molecular formula is C11H13BrOS. The molecule has 76 valence electrons. The molecule has 14 heavy (non-hydrogen) atoms. The van der Waals surface area contributed by atoms with Crippen LogP contribution < -0.4 is 0 Å². The van der Waals surface area contributed by atoms with Crippen molar-refractivity contribution in [3.63, 3.8) is 0 Å². The van der Waals surface area contributed by atoms with Gasteiger partial charge in [-0.1, -0.05) is 13.3 Å². The van der Waals surface area contributed by atoms with Crippen molar-refractivity contribution in [3.05, 3.63) is 20.3 Å². The molecule has 0 saturated heterocycles. The van der Waals surface area contributed by atoms with E-state index in [1.165, 1.54) is 5.56 Å². The molecule has 1 aliphatic rings. The molecule has 0 radical (unpaired) electrons. The number of ketones is 1. The molecule has 0 amide bonds. The van der Waals surface area contributed by atoms with Crippen LogP contribution in [0.5, 0.6) is 0 Å². The maximum Gasteiger partial charge on any atom is 0.176 e. The minimum absolute atomic E-state index is 0.324. The first-order chi connectivity index (χ1) is 6.63. The third kappa shape index (κ3) is 1.80. The average Bonchev–Trinajstić information content (AvgIpc) is 2.87. The number of aryl methyl sites for hydroxylation is 1. The monoisotopic (exact) mass is 272 g/mol. The Morgan fingerprint density at radius 3 is 2.86 bits per heavy atom. The highest BCUT2D eigenvalue weighted by Crippen LogP contribution is 2.44. The zero-order chi connectivity index (χ0) is 10.3. The molecule has 0 spiro atoms. The number of hydrogen-bond donors (Lipinski definition) is 0. The number of thiophene rings is 1. The molecule has 1 aromatic heterocycles. The summed E-state index contributed by atoms with van der Waals surface area (Å²) < 4.78 is 1.09. The van der Waals surface area contributed by atoms with Crippen molar-refractivity contribution in [1.82, 2.24) is 0 Å². The zero-order valence-corrected chi connectivity index (χ0v) is 10.7. The van der Waals surface area contributed by atoms with Crippen LogP contribution in [0, 0.1) is 18.8 Å². The Labute approximate surface area is 96.6 Å². The highest BCUT2D eigenvalue weighted by molar-refractivity contribution is 9.11. The van der Waals surface area contributed by atoms with E-state index in [1.807, 2.05) is 13.0 Å². The van der Waals surface area contributed by atoms with Crippen molar-refractivity contribution in [2.45, 2.75) is 26.7 Å². The van der Waals surface area contributed by atoms with Gasteiger partial charge in [-0.3, -0.25) is 4.79 Å². The van der Waals surface area contributed by atoms with E-state index in [9.17, 15) is 4.79 Å². The van der Waals surface area contributed by atoms with Gasteiger partial charge in [0.15, 0.2) is 5.78 Å². The topological polar surface area (TPSA) is 17.1 Å². The summed E-state index contributed by atoms with van der Waals surface area (Å²) >= 11 is 5.02. The Bertz CT molecular complexity index is 350. The summed E-state index contributed by atoms with van der Waals surface area (Å²) in [5.74, 6) is 1.34. The van der Waals surface area contributed by atoms with E-state index in [0.717, 1.165) is 21.5 Å². The molecule has 1 aromatic rings. The van der Waals surface area contributed by atoms with E-state index in [2.05, 4.69) is 22.9 Å². The highest BCUT2D eigenvalue weighted by Gasteiger charge is 2.42. The molecular weight excluding hydrogens is 260 g/mol. The van der Waals surface area contributed by atoms with E-state index in [4.69, 9.17) is 0 Å². The normalized spacial score (nSPS) is 25.1. The van der Waals surface area contributed by atoms with Gasteiger partial charge in [-0.05, 0) is 46.8 Å². The van der Waals surface area contributed by atoms with Gasteiger partial charge in [0.05, 0.1) is 8.66 Å². The fourth-order valence-electron chi connectivity index (χ4n) is 1.78. The van der Waals surface area contributed by atoms with Crippen LogP contribution in [-0.4, -0.2) is 5.78 Å². The number of halogens is 1. The fourth-order valence-corrected chi connectivity index (χ4v) is 3.32. The first-order valence-electron chi connectivity index (χ1n) is 4.93. The van der Waals surface area contributed by atoms with Gasteiger partial charge in [0.1, 0.15) is 0 Å². The third-order valence-corrected chi connectivity index (χ3v) is 5.03. The van der Waals surface area contributed by atoms with Crippen LogP contribution in [-0.2, 0) is 0 Å². The zero-order valence-electron chi connectivity index (χ0n) is 8.34. The third-order valence-electron chi connectivity index (χ3n) is 2.88. The molecule has 0 bridgehead atoms. The van der Waals surface area contributed by atoms with Crippen molar-refractivity contribution in [3.8, 4) is 0 Å². The quantitative estimate of drug-likeness (QED) is 0.759. The van der Waals surface area contributed by atoms with Gasteiger partial charge in [-0.15, -0.1) is 11.3 Å². The summed E-state index contributed by atoms with van der Waals surface area (Å²) in [6, 6.07) is 2.00. The van der Waals surface area contributed by atoms with Gasteiger partial charge in [0.25, 0.3) is 0 Å². The van der Waals surface area contributed by atoms with E-state index in [0.29, 0.717) is 17.6 Å². The standard InChI is InChI=1S/C11H13BrOS/c1-3-7-5-8(7)10(13)9-4-6(2)11(12)14-9/h4,7-8H,3,5H2,1-2H3. The molecule has 0 aliphatic heterocycles. The first-order valence-corrected chi connectivity index (χ1v) is 6.54. The highest BCUT2D eigenvalue weighted by atomic mass is 79.9. The summed E-state index contributed by atoms with van der Waals surface area (Å²) in [7, 11) is 0. The molecule has 1 aliphatic carbocycles. The summed E-state index contributed by atoms with van der Waals surface area (Å²) in [4.78, 5) is 12.9. The summed E-state index contributed by atoms with van der Waals surface area (Å²) in [6.07, 6.45) is 2.24. The smallest absolute Gasteiger partial charge is 0.176 e. The molecule has 2 rings (SSSR count). The number of hydrogen-bond acceptors (Lipinski definition) is 2. The Morgan fingerprint density at radius 2 is 2.43 bits per heavy atom. The Hall–Kier alpha value is -0.150. The van der Waals surface area contributed by atoms with Gasteiger partial charge in [0, 0.05) is 5.92 Å². The Morgan fingerprint density at radius 1 is 1.71 bits per heavy atom. The molecule has 2 unspecified atom stereocenters. The van der Waals surface area contributed by atoms with Crippen LogP contribution in [0.3, 0.4) is 0 Å². The number of carbonyl (C=O) groups excluding carboxylic acids is 1. The van der Waals surface area contributed by atoms with Crippen LogP contribution in [0.15, 0.2) is 9.85 Å². The predicted molar refractivity (Wildman–Crippen MR) is 63.0 cm³/mol. The second-order valence-corrected chi connectivity index (χ2v) is 6.31. The van der Waals surface area contributed by atoms with Crippen LogP contribution in [0.2, 0.25) is 0 Å². The summed E-state index contributed by atoms with van der Waals surface area (Å²) in [5, 5.41) is 0. The van der Waals surface area contributed by atoms with E-state index >= 15 is 0 Å². The van der Waals surface area contributed by atoms with E-state index in [1.54, 1.807) is 11.3 Å². The lowest BCUT2D eigenvalue weighted by Crippen LogP contribution is -2.00. The van der Waals surface area contributed by atoms with Crippen molar-refractivity contribution in [2.75, 3.05) is 0 Å². The maximum absolute atomic E-state index is 11.9. The molecule has 2 atom stereocenters. The molecule has 1 fully saturated rings. The van der Waals surface area contributed by atoms with Crippen LogP contribution in [0.25, 0.3) is 0 Å². The molecule has 1 saturated carbocycles. The lowest BCUT2D eigenvalue weighted by Gasteiger charge is -1.93. The van der Waals surface area contributed by atoms with E-state index in [-0.39, 0.29) is 0 Å². The number of carbonyl (C=O) groups is 1. The minimum atomic E-state index is 0.324. The Kier molecular flexibility index (Phi) is 2.80. The molecule has 0 N–H and O–H groups in total.